The van der Waals surface area contributed by atoms with Gasteiger partial charge in [0.15, 0.2) is 0 Å². The van der Waals surface area contributed by atoms with Crippen LogP contribution < -0.4 is 9.64 Å². The lowest BCUT2D eigenvalue weighted by Gasteiger charge is -2.30. The number of carbonyl (C=O) groups is 2. The van der Waals surface area contributed by atoms with Crippen molar-refractivity contribution in [3.05, 3.63) is 58.6 Å². The molecule has 0 spiro atoms. The van der Waals surface area contributed by atoms with E-state index in [9.17, 15) is 9.59 Å². The standard InChI is InChI=1S/C22H22ClN3O3/c1-13-4-7-15(12-17(13)23)26-21(27)18-19(14-5-8-16(29-2)9-6-14)24-10-3-11-25(24)20(18)22(26)28/h4-9,12,18-20H,3,10-11H2,1-2H3/t18-,19-,20+/m1/s1. The van der Waals surface area contributed by atoms with Gasteiger partial charge in [0.2, 0.25) is 5.91 Å². The van der Waals surface area contributed by atoms with E-state index in [1.807, 2.05) is 37.3 Å². The van der Waals surface area contributed by atoms with Gasteiger partial charge in [0.1, 0.15) is 11.8 Å². The van der Waals surface area contributed by atoms with Crippen LogP contribution in [0.3, 0.4) is 0 Å². The van der Waals surface area contributed by atoms with Gasteiger partial charge in [0.25, 0.3) is 5.91 Å². The van der Waals surface area contributed by atoms with Crippen molar-refractivity contribution in [2.45, 2.75) is 25.4 Å². The second-order valence-electron chi connectivity index (χ2n) is 7.81. The summed E-state index contributed by atoms with van der Waals surface area (Å²) in [6, 6.07) is 12.5. The second-order valence-corrected chi connectivity index (χ2v) is 8.22. The van der Waals surface area contributed by atoms with Crippen LogP contribution >= 0.6 is 11.6 Å². The molecule has 29 heavy (non-hydrogen) atoms. The lowest BCUT2D eigenvalue weighted by atomic mass is 9.90. The summed E-state index contributed by atoms with van der Waals surface area (Å²) in [5, 5.41) is 4.84. The molecular weight excluding hydrogens is 390 g/mol. The van der Waals surface area contributed by atoms with Crippen LogP contribution in [0.4, 0.5) is 5.69 Å². The van der Waals surface area contributed by atoms with Crippen molar-refractivity contribution < 1.29 is 14.3 Å². The van der Waals surface area contributed by atoms with Crippen molar-refractivity contribution in [2.24, 2.45) is 5.92 Å². The molecule has 3 aliphatic heterocycles. The van der Waals surface area contributed by atoms with Crippen molar-refractivity contribution in [2.75, 3.05) is 25.1 Å². The third kappa shape index (κ3) is 2.70. The summed E-state index contributed by atoms with van der Waals surface area (Å²) >= 11 is 6.27. The smallest absolute Gasteiger partial charge is 0.253 e. The number of hydrogen-bond donors (Lipinski definition) is 0. The fraction of sp³-hybridized carbons (Fsp3) is 0.364. The number of hydrogen-bond acceptors (Lipinski definition) is 5. The zero-order chi connectivity index (χ0) is 20.3. The van der Waals surface area contributed by atoms with E-state index in [1.165, 1.54) is 4.90 Å². The van der Waals surface area contributed by atoms with Crippen molar-refractivity contribution in [1.82, 2.24) is 10.0 Å². The second kappa shape index (κ2) is 6.83. The number of hydrazine groups is 1. The maximum atomic E-state index is 13.5. The maximum Gasteiger partial charge on any atom is 0.253 e. The summed E-state index contributed by atoms with van der Waals surface area (Å²) in [5.41, 5.74) is 2.48. The van der Waals surface area contributed by atoms with Gasteiger partial charge in [-0.1, -0.05) is 29.8 Å². The van der Waals surface area contributed by atoms with Gasteiger partial charge in [-0.15, -0.1) is 0 Å². The van der Waals surface area contributed by atoms with Crippen LogP contribution in [0.25, 0.3) is 0 Å². The number of halogens is 1. The molecule has 0 bridgehead atoms. The maximum absolute atomic E-state index is 13.5. The van der Waals surface area contributed by atoms with Gasteiger partial charge < -0.3 is 4.74 Å². The number of fused-ring (bicyclic) bond motifs is 3. The first-order chi connectivity index (χ1) is 14.0. The molecular formula is C22H22ClN3O3. The minimum Gasteiger partial charge on any atom is -0.497 e. The van der Waals surface area contributed by atoms with Crippen LogP contribution in [0.1, 0.15) is 23.6 Å². The van der Waals surface area contributed by atoms with Crippen molar-refractivity contribution in [3.63, 3.8) is 0 Å². The number of rotatable bonds is 3. The van der Waals surface area contributed by atoms with Crippen LogP contribution in [0, 0.1) is 12.8 Å². The highest BCUT2D eigenvalue weighted by Gasteiger charge is 2.62. The number of ether oxygens (including phenoxy) is 1. The Labute approximate surface area is 174 Å². The minimum atomic E-state index is -0.461. The SMILES string of the molecule is COc1ccc([C@@H]2[C@H]3C(=O)N(c4ccc(C)c(Cl)c4)C(=O)[C@H]3N3CCCN23)cc1. The van der Waals surface area contributed by atoms with Crippen LogP contribution in [0.5, 0.6) is 5.75 Å². The predicted octanol–water partition coefficient (Wildman–Crippen LogP) is 3.19. The minimum absolute atomic E-state index is 0.157. The summed E-state index contributed by atoms with van der Waals surface area (Å²) < 4.78 is 5.27. The summed E-state index contributed by atoms with van der Waals surface area (Å²) in [7, 11) is 1.63. The van der Waals surface area contributed by atoms with E-state index in [4.69, 9.17) is 16.3 Å². The quantitative estimate of drug-likeness (QED) is 0.726. The summed E-state index contributed by atoms with van der Waals surface area (Å²) in [5.74, 6) is 0.0144. The van der Waals surface area contributed by atoms with Gasteiger partial charge in [-0.3, -0.25) is 9.59 Å². The first-order valence-electron chi connectivity index (χ1n) is 9.82. The molecule has 3 saturated heterocycles. The number of aryl methyl sites for hydroxylation is 1. The zero-order valence-corrected chi connectivity index (χ0v) is 17.1. The molecule has 6 nitrogen and oxygen atoms in total. The van der Waals surface area contributed by atoms with E-state index in [1.54, 1.807) is 19.2 Å². The Morgan fingerprint density at radius 2 is 1.66 bits per heavy atom. The van der Waals surface area contributed by atoms with Crippen LogP contribution in [0.15, 0.2) is 42.5 Å². The Hall–Kier alpha value is -2.41. The van der Waals surface area contributed by atoms with E-state index in [0.29, 0.717) is 10.7 Å². The normalized spacial score (nSPS) is 26.9. The number of anilines is 1. The average Bonchev–Trinajstić information content (AvgIpc) is 3.37. The Morgan fingerprint density at radius 1 is 0.966 bits per heavy atom. The van der Waals surface area contributed by atoms with E-state index in [2.05, 4.69) is 10.0 Å². The van der Waals surface area contributed by atoms with Gasteiger partial charge in [0.05, 0.1) is 24.8 Å². The molecule has 0 aromatic heterocycles. The molecule has 0 unspecified atom stereocenters. The first kappa shape index (κ1) is 18.6. The van der Waals surface area contributed by atoms with E-state index in [0.717, 1.165) is 36.4 Å². The fourth-order valence-electron chi connectivity index (χ4n) is 4.89. The third-order valence-corrected chi connectivity index (χ3v) is 6.68. The highest BCUT2D eigenvalue weighted by Crippen LogP contribution is 2.49. The van der Waals surface area contributed by atoms with Gasteiger partial charge in [-0.25, -0.2) is 14.9 Å². The molecule has 3 heterocycles. The monoisotopic (exact) mass is 411 g/mol. The number of benzene rings is 2. The Morgan fingerprint density at radius 3 is 2.31 bits per heavy atom. The summed E-state index contributed by atoms with van der Waals surface area (Å²) in [6.07, 6.45) is 0.980. The van der Waals surface area contributed by atoms with E-state index in [-0.39, 0.29) is 17.9 Å². The zero-order valence-electron chi connectivity index (χ0n) is 16.3. The van der Waals surface area contributed by atoms with E-state index >= 15 is 0 Å². The van der Waals surface area contributed by atoms with Crippen LogP contribution in [-0.2, 0) is 9.59 Å². The fourth-order valence-corrected chi connectivity index (χ4v) is 5.06. The third-order valence-electron chi connectivity index (χ3n) is 6.28. The number of amides is 2. The molecule has 7 heteroatoms. The Kier molecular flexibility index (Phi) is 4.38. The Balaban J connectivity index is 1.56. The predicted molar refractivity (Wildman–Crippen MR) is 110 cm³/mol. The van der Waals surface area contributed by atoms with Crippen molar-refractivity contribution in [1.29, 1.82) is 0 Å². The Bertz CT molecular complexity index is 993. The highest BCUT2D eigenvalue weighted by atomic mass is 35.5. The molecule has 0 aliphatic carbocycles. The molecule has 3 atom stereocenters. The topological polar surface area (TPSA) is 53.1 Å². The van der Waals surface area contributed by atoms with Crippen LogP contribution in [0.2, 0.25) is 5.02 Å². The molecule has 0 saturated carbocycles. The molecule has 0 N–H and O–H groups in total. The first-order valence-corrected chi connectivity index (χ1v) is 10.2. The molecule has 3 fully saturated rings. The molecule has 3 aliphatic rings. The van der Waals surface area contributed by atoms with Gasteiger partial charge in [0, 0.05) is 18.1 Å². The number of methoxy groups -OCH3 is 1. The lowest BCUT2D eigenvalue weighted by Crippen LogP contribution is -2.44. The van der Waals surface area contributed by atoms with Crippen molar-refractivity contribution in [3.8, 4) is 5.75 Å². The molecule has 2 aromatic rings. The molecule has 150 valence electrons. The van der Waals surface area contributed by atoms with E-state index < -0.39 is 12.0 Å². The molecule has 2 aromatic carbocycles. The molecule has 2 amide bonds. The number of carbonyl (C=O) groups excluding carboxylic acids is 2. The molecule has 0 radical (unpaired) electrons. The molecule has 5 rings (SSSR count). The van der Waals surface area contributed by atoms with Gasteiger partial charge >= 0.3 is 0 Å². The number of imide groups is 1. The van der Waals surface area contributed by atoms with Crippen molar-refractivity contribution >= 4 is 29.1 Å². The number of nitrogens with zero attached hydrogens (tertiary/aromatic N) is 3. The van der Waals surface area contributed by atoms with Crippen LogP contribution in [-0.4, -0.2) is 48.1 Å². The summed E-state index contributed by atoms with van der Waals surface area (Å²) in [4.78, 5) is 28.2. The van der Waals surface area contributed by atoms with Gasteiger partial charge in [-0.2, -0.15) is 0 Å². The lowest BCUT2D eigenvalue weighted by molar-refractivity contribution is -0.126. The average molecular weight is 412 g/mol. The summed E-state index contributed by atoms with van der Waals surface area (Å²) in [6.45, 7) is 3.53. The van der Waals surface area contributed by atoms with Gasteiger partial charge in [-0.05, 0) is 48.7 Å². The highest BCUT2D eigenvalue weighted by molar-refractivity contribution is 6.32. The largest absolute Gasteiger partial charge is 0.497 e.